The van der Waals surface area contributed by atoms with E-state index in [4.69, 9.17) is 0 Å². The second kappa shape index (κ2) is 6.79. The van der Waals surface area contributed by atoms with E-state index in [0.29, 0.717) is 25.9 Å². The minimum atomic E-state index is -1.40. The number of carbonyl (C=O) groups excluding carboxylic acids is 1. The maximum Gasteiger partial charge on any atom is 0.324 e. The van der Waals surface area contributed by atoms with E-state index in [0.717, 1.165) is 17.3 Å². The molecule has 1 saturated heterocycles. The Balaban J connectivity index is 0.00000200. The molecular weight excluding hydrogens is 263 g/mol. The summed E-state index contributed by atoms with van der Waals surface area (Å²) in [4.78, 5) is 22.5. The van der Waals surface area contributed by atoms with E-state index in [2.05, 4.69) is 4.90 Å². The van der Waals surface area contributed by atoms with Crippen LogP contribution in [0.25, 0.3) is 0 Å². The zero-order valence-corrected chi connectivity index (χ0v) is 10.2. The molecule has 0 amide bonds. The molecule has 0 aromatic heterocycles. The lowest BCUT2D eigenvalue weighted by Gasteiger charge is -2.30. The second-order valence-electron chi connectivity index (χ2n) is 4.37. The van der Waals surface area contributed by atoms with Crippen molar-refractivity contribution in [2.75, 3.05) is 18.0 Å². The van der Waals surface area contributed by atoms with Gasteiger partial charge in [0.25, 0.3) is 5.69 Å². The minimum absolute atomic E-state index is 0. The van der Waals surface area contributed by atoms with Gasteiger partial charge in [0.2, 0.25) is 0 Å². The van der Waals surface area contributed by atoms with Crippen LogP contribution in [0.1, 0.15) is 20.3 Å². The van der Waals surface area contributed by atoms with Gasteiger partial charge in [-0.15, -0.1) is 0 Å². The fourth-order valence-corrected chi connectivity index (χ4v) is 2.14. The molecule has 1 aliphatic heterocycles. The summed E-state index contributed by atoms with van der Waals surface area (Å²) in [6, 6.07) is 4.93. The molecule has 0 atom stereocenters. The average molecular weight is 280 g/mol. The maximum absolute atomic E-state index is 12.2. The van der Waals surface area contributed by atoms with Crippen molar-refractivity contribution in [3.8, 4) is 0 Å². The summed E-state index contributed by atoms with van der Waals surface area (Å²) >= 11 is 0. The molecular formula is C14H17FN2O3. The smallest absolute Gasteiger partial charge is 0.324 e. The quantitative estimate of drug-likeness (QED) is 0.369. The summed E-state index contributed by atoms with van der Waals surface area (Å²) in [5.74, 6) is 0. The van der Waals surface area contributed by atoms with Crippen LogP contribution in [0.3, 0.4) is 0 Å². The molecule has 0 spiro atoms. The number of nitro groups is 1. The lowest BCUT2D eigenvalue weighted by atomic mass is 10.0. The van der Waals surface area contributed by atoms with Gasteiger partial charge in [0.05, 0.1) is 4.92 Å². The number of rotatable bonds is 3. The Bertz CT molecular complexity index is 516. The van der Waals surface area contributed by atoms with E-state index < -0.39 is 11.0 Å². The summed E-state index contributed by atoms with van der Waals surface area (Å²) in [5.41, 5.74) is 1.77. The van der Waals surface area contributed by atoms with E-state index in [1.807, 2.05) is 0 Å². The van der Waals surface area contributed by atoms with Crippen LogP contribution in [-0.2, 0) is 4.79 Å². The molecule has 2 rings (SSSR count). The van der Waals surface area contributed by atoms with Gasteiger partial charge in [-0.05, 0) is 25.0 Å². The largest absolute Gasteiger partial charge is 0.371 e. The van der Waals surface area contributed by atoms with E-state index in [-0.39, 0.29) is 13.1 Å². The number of hydrogen-bond acceptors (Lipinski definition) is 4. The Labute approximate surface area is 116 Å². The van der Waals surface area contributed by atoms with Crippen molar-refractivity contribution in [2.45, 2.75) is 20.3 Å². The van der Waals surface area contributed by atoms with E-state index in [1.165, 1.54) is 12.1 Å². The van der Waals surface area contributed by atoms with Gasteiger partial charge in [-0.2, -0.15) is 4.39 Å². The Morgan fingerprint density at radius 3 is 2.25 bits per heavy atom. The van der Waals surface area contributed by atoms with Crippen LogP contribution in [-0.4, -0.2) is 24.0 Å². The number of allylic oxidation sites excluding steroid dienone is 1. The van der Waals surface area contributed by atoms with E-state index in [9.17, 15) is 19.3 Å². The van der Waals surface area contributed by atoms with Crippen LogP contribution >= 0.6 is 0 Å². The molecule has 0 unspecified atom stereocenters. The molecule has 1 fully saturated rings. The van der Waals surface area contributed by atoms with Gasteiger partial charge in [0.1, 0.15) is 0 Å². The van der Waals surface area contributed by atoms with Gasteiger partial charge in [0.15, 0.2) is 0 Å². The van der Waals surface area contributed by atoms with Crippen LogP contribution in [0.15, 0.2) is 35.9 Å². The number of non-ortho nitro benzene ring substituents is 1. The SMILES string of the molecule is C.O=C(F)C=C1CCN(c2ccc([N+](=O)[O-])cc2)CC1. The van der Waals surface area contributed by atoms with Crippen molar-refractivity contribution in [3.63, 3.8) is 0 Å². The maximum atomic E-state index is 12.2. The van der Waals surface area contributed by atoms with Crippen molar-refractivity contribution in [1.82, 2.24) is 0 Å². The van der Waals surface area contributed by atoms with Crippen molar-refractivity contribution >= 4 is 17.4 Å². The monoisotopic (exact) mass is 280 g/mol. The fraction of sp³-hybridized carbons (Fsp3) is 0.357. The zero-order chi connectivity index (χ0) is 13.8. The topological polar surface area (TPSA) is 63.5 Å². The first-order valence-corrected chi connectivity index (χ1v) is 5.94. The standard InChI is InChI=1S/C13H13FN2O3.CH4/c14-13(17)9-10-5-7-15(8-6-10)11-1-3-12(4-2-11)16(18)19;/h1-4,9H,5-8H2;1H4. The first kappa shape index (κ1) is 15.8. The molecule has 1 aromatic carbocycles. The molecule has 108 valence electrons. The first-order chi connectivity index (χ1) is 9.06. The van der Waals surface area contributed by atoms with Crippen molar-refractivity contribution in [1.29, 1.82) is 0 Å². The normalized spacial score (nSPS) is 14.4. The third kappa shape index (κ3) is 3.88. The Hall–Kier alpha value is -2.24. The summed E-state index contributed by atoms with van der Waals surface area (Å²) in [5, 5.41) is 10.6. The molecule has 0 saturated carbocycles. The molecule has 0 N–H and O–H groups in total. The summed E-state index contributed by atoms with van der Waals surface area (Å²) in [7, 11) is 0. The highest BCUT2D eigenvalue weighted by Gasteiger charge is 2.16. The highest BCUT2D eigenvalue weighted by atomic mass is 19.1. The summed E-state index contributed by atoms with van der Waals surface area (Å²) in [6.45, 7) is 1.36. The highest BCUT2D eigenvalue weighted by molar-refractivity contribution is 5.81. The van der Waals surface area contributed by atoms with Crippen LogP contribution in [0.5, 0.6) is 0 Å². The van der Waals surface area contributed by atoms with Gasteiger partial charge in [-0.3, -0.25) is 14.9 Å². The molecule has 6 heteroatoms. The molecule has 20 heavy (non-hydrogen) atoms. The van der Waals surface area contributed by atoms with Gasteiger partial charge >= 0.3 is 6.04 Å². The van der Waals surface area contributed by atoms with Crippen molar-refractivity contribution < 1.29 is 14.1 Å². The third-order valence-electron chi connectivity index (χ3n) is 3.15. The Morgan fingerprint density at radius 1 is 1.25 bits per heavy atom. The third-order valence-corrected chi connectivity index (χ3v) is 3.15. The minimum Gasteiger partial charge on any atom is -0.371 e. The first-order valence-electron chi connectivity index (χ1n) is 5.94. The van der Waals surface area contributed by atoms with E-state index in [1.54, 1.807) is 12.1 Å². The Morgan fingerprint density at radius 2 is 1.80 bits per heavy atom. The number of anilines is 1. The lowest BCUT2D eigenvalue weighted by Crippen LogP contribution is -2.30. The number of nitro benzene ring substituents is 1. The van der Waals surface area contributed by atoms with Crippen LogP contribution in [0.4, 0.5) is 15.8 Å². The zero-order valence-electron chi connectivity index (χ0n) is 10.2. The summed E-state index contributed by atoms with van der Waals surface area (Å²) < 4.78 is 12.2. The predicted molar refractivity (Wildman–Crippen MR) is 75.5 cm³/mol. The summed E-state index contributed by atoms with van der Waals surface area (Å²) in [6.07, 6.45) is 2.31. The van der Waals surface area contributed by atoms with Gasteiger partial charge in [-0.25, -0.2) is 0 Å². The number of piperidine rings is 1. The number of halogens is 1. The molecule has 1 heterocycles. The van der Waals surface area contributed by atoms with Gasteiger partial charge in [-0.1, -0.05) is 13.0 Å². The molecule has 0 radical (unpaired) electrons. The lowest BCUT2D eigenvalue weighted by molar-refractivity contribution is -0.384. The average Bonchev–Trinajstić information content (AvgIpc) is 2.39. The van der Waals surface area contributed by atoms with Gasteiger partial charge in [0, 0.05) is 37.0 Å². The molecule has 0 aliphatic carbocycles. The second-order valence-corrected chi connectivity index (χ2v) is 4.37. The van der Waals surface area contributed by atoms with Crippen LogP contribution in [0.2, 0.25) is 0 Å². The molecule has 5 nitrogen and oxygen atoms in total. The molecule has 1 aromatic rings. The Kier molecular flexibility index (Phi) is 5.37. The predicted octanol–water partition coefficient (Wildman–Crippen LogP) is 3.25. The molecule has 1 aliphatic rings. The fourth-order valence-electron chi connectivity index (χ4n) is 2.14. The van der Waals surface area contributed by atoms with E-state index >= 15 is 0 Å². The number of carbonyl (C=O) groups is 1. The van der Waals surface area contributed by atoms with Crippen molar-refractivity contribution in [3.05, 3.63) is 46.0 Å². The number of nitrogens with zero attached hydrogens (tertiary/aromatic N) is 2. The number of benzene rings is 1. The van der Waals surface area contributed by atoms with Crippen molar-refractivity contribution in [2.24, 2.45) is 0 Å². The number of hydrogen-bond donors (Lipinski definition) is 0. The highest BCUT2D eigenvalue weighted by Crippen LogP contribution is 2.24. The van der Waals surface area contributed by atoms with Crippen LogP contribution in [0, 0.1) is 10.1 Å². The van der Waals surface area contributed by atoms with Gasteiger partial charge < -0.3 is 4.90 Å². The van der Waals surface area contributed by atoms with Crippen LogP contribution < -0.4 is 4.90 Å². The molecule has 0 bridgehead atoms.